The van der Waals surface area contributed by atoms with Gasteiger partial charge >= 0.3 is 0 Å². The zero-order valence-corrected chi connectivity index (χ0v) is 16.8. The van der Waals surface area contributed by atoms with Crippen molar-refractivity contribution in [2.75, 3.05) is 5.73 Å². The smallest absolute Gasteiger partial charge is 0.164 e. The molecule has 0 aliphatic rings. The fourth-order valence-corrected chi connectivity index (χ4v) is 3.86. The molecule has 0 bridgehead atoms. The van der Waals surface area contributed by atoms with Crippen LogP contribution < -0.4 is 5.73 Å². The van der Waals surface area contributed by atoms with E-state index in [2.05, 4.69) is 20.2 Å². The highest BCUT2D eigenvalue weighted by Gasteiger charge is 2.23. The summed E-state index contributed by atoms with van der Waals surface area (Å²) in [5.74, 6) is 0.420. The zero-order valence-electron chi connectivity index (χ0n) is 16.1. The van der Waals surface area contributed by atoms with E-state index in [9.17, 15) is 0 Å². The molecule has 5 aromatic rings. The number of nitrogens with zero attached hydrogens (tertiary/aromatic N) is 8. The number of nitrogen functional groups attached to an aromatic ring is 1. The predicted octanol–water partition coefficient (Wildman–Crippen LogP) is 3.05. The van der Waals surface area contributed by atoms with Gasteiger partial charge in [-0.15, -0.1) is 0 Å². The van der Waals surface area contributed by atoms with Gasteiger partial charge in [-0.05, 0) is 32.0 Å². The Morgan fingerprint density at radius 1 is 1.17 bits per heavy atom. The summed E-state index contributed by atoms with van der Waals surface area (Å²) in [5.41, 5.74) is 10.1. The second kappa shape index (κ2) is 6.28. The summed E-state index contributed by atoms with van der Waals surface area (Å²) in [7, 11) is 1.87. The van der Waals surface area contributed by atoms with Crippen LogP contribution in [-0.2, 0) is 7.05 Å². The highest BCUT2D eigenvalue weighted by molar-refractivity contribution is 6.31. The van der Waals surface area contributed by atoms with Gasteiger partial charge in [0.2, 0.25) is 0 Å². The Bertz CT molecular complexity index is 1380. The van der Waals surface area contributed by atoms with Gasteiger partial charge in [0.05, 0.1) is 40.7 Å². The van der Waals surface area contributed by atoms with Crippen molar-refractivity contribution in [1.29, 1.82) is 0 Å². The van der Waals surface area contributed by atoms with Crippen LogP contribution in [0.25, 0.3) is 27.6 Å². The summed E-state index contributed by atoms with van der Waals surface area (Å²) in [6.07, 6.45) is 5.13. The third-order valence-corrected chi connectivity index (χ3v) is 5.30. The highest BCUT2D eigenvalue weighted by Crippen LogP contribution is 2.32. The molecule has 0 radical (unpaired) electrons. The topological polar surface area (TPSA) is 105 Å². The van der Waals surface area contributed by atoms with Gasteiger partial charge in [-0.1, -0.05) is 11.6 Å². The van der Waals surface area contributed by atoms with E-state index in [-0.39, 0.29) is 6.04 Å². The van der Waals surface area contributed by atoms with Crippen LogP contribution in [-0.4, -0.2) is 39.3 Å². The van der Waals surface area contributed by atoms with E-state index in [1.165, 1.54) is 6.33 Å². The molecule has 4 aromatic heterocycles. The SMILES string of the molecule is Cc1nn(C(C)c2nn(-c3cnn(C)c3)c3cc(Cl)ccc23)c2ncnc(N)c12. The van der Waals surface area contributed by atoms with Crippen LogP contribution in [0.2, 0.25) is 5.02 Å². The first-order valence-electron chi connectivity index (χ1n) is 9.06. The Balaban J connectivity index is 1.75. The molecule has 10 heteroatoms. The predicted molar refractivity (Wildman–Crippen MR) is 111 cm³/mol. The van der Waals surface area contributed by atoms with Crippen molar-refractivity contribution in [2.45, 2.75) is 19.9 Å². The second-order valence-corrected chi connectivity index (χ2v) is 7.43. The van der Waals surface area contributed by atoms with Gasteiger partial charge in [0.25, 0.3) is 0 Å². The van der Waals surface area contributed by atoms with E-state index in [0.717, 1.165) is 33.4 Å². The van der Waals surface area contributed by atoms with Crippen LogP contribution in [0.1, 0.15) is 24.4 Å². The Hall–Kier alpha value is -3.46. The first-order valence-corrected chi connectivity index (χ1v) is 9.44. The molecule has 4 heterocycles. The third-order valence-electron chi connectivity index (χ3n) is 5.06. The highest BCUT2D eigenvalue weighted by atomic mass is 35.5. The Morgan fingerprint density at radius 3 is 2.76 bits per heavy atom. The molecule has 0 saturated carbocycles. The van der Waals surface area contributed by atoms with Gasteiger partial charge in [0, 0.05) is 17.5 Å². The summed E-state index contributed by atoms with van der Waals surface area (Å²) in [6.45, 7) is 3.94. The number of hydrogen-bond acceptors (Lipinski definition) is 6. The standard InChI is InChI=1S/C19H18ClN9/c1-10-16-18(21)22-9-23-19(16)28(25-10)11(2)17-14-5-4-12(20)6-15(14)29(26-17)13-7-24-27(3)8-13/h4-9,11H,1-3H3,(H2,21,22,23). The van der Waals surface area contributed by atoms with E-state index in [1.807, 2.05) is 54.7 Å². The summed E-state index contributed by atoms with van der Waals surface area (Å²) < 4.78 is 5.43. The maximum atomic E-state index is 6.28. The van der Waals surface area contributed by atoms with Crippen LogP contribution in [0.4, 0.5) is 5.82 Å². The molecule has 5 rings (SSSR count). The Morgan fingerprint density at radius 2 is 2.00 bits per heavy atom. The number of halogens is 1. The second-order valence-electron chi connectivity index (χ2n) is 6.99. The monoisotopic (exact) mass is 407 g/mol. The Labute approximate surface area is 170 Å². The van der Waals surface area contributed by atoms with Crippen LogP contribution in [0, 0.1) is 6.92 Å². The van der Waals surface area contributed by atoms with E-state index < -0.39 is 0 Å². The molecule has 9 nitrogen and oxygen atoms in total. The molecular weight excluding hydrogens is 390 g/mol. The zero-order chi connectivity index (χ0) is 20.3. The molecule has 0 amide bonds. The summed E-state index contributed by atoms with van der Waals surface area (Å²) in [5, 5.41) is 16.2. The minimum Gasteiger partial charge on any atom is -0.383 e. The number of aryl methyl sites for hydroxylation is 2. The van der Waals surface area contributed by atoms with Gasteiger partial charge in [0.15, 0.2) is 5.65 Å². The average Bonchev–Trinajstić information content (AvgIpc) is 3.37. The van der Waals surface area contributed by atoms with Crippen molar-refractivity contribution in [2.24, 2.45) is 7.05 Å². The molecule has 0 aliphatic heterocycles. The Kier molecular flexibility index (Phi) is 3.82. The van der Waals surface area contributed by atoms with Gasteiger partial charge < -0.3 is 5.73 Å². The first kappa shape index (κ1) is 17.6. The summed E-state index contributed by atoms with van der Waals surface area (Å²) >= 11 is 6.28. The lowest BCUT2D eigenvalue weighted by Gasteiger charge is -2.11. The lowest BCUT2D eigenvalue weighted by molar-refractivity contribution is 0.559. The van der Waals surface area contributed by atoms with E-state index in [1.54, 1.807) is 10.9 Å². The molecule has 0 saturated heterocycles. The van der Waals surface area contributed by atoms with Crippen molar-refractivity contribution in [3.05, 3.63) is 53.3 Å². The molecular formula is C19H18ClN9. The fraction of sp³-hybridized carbons (Fsp3) is 0.211. The largest absolute Gasteiger partial charge is 0.383 e. The minimum atomic E-state index is -0.193. The molecule has 0 fully saturated rings. The maximum absolute atomic E-state index is 6.28. The van der Waals surface area contributed by atoms with Crippen LogP contribution in [0.15, 0.2) is 36.9 Å². The maximum Gasteiger partial charge on any atom is 0.164 e. The summed E-state index contributed by atoms with van der Waals surface area (Å²) in [6, 6.07) is 5.55. The molecule has 146 valence electrons. The number of rotatable bonds is 3. The number of anilines is 1. The van der Waals surface area contributed by atoms with Crippen molar-refractivity contribution in [1.82, 2.24) is 39.3 Å². The fourth-order valence-electron chi connectivity index (χ4n) is 3.69. The van der Waals surface area contributed by atoms with E-state index in [4.69, 9.17) is 22.4 Å². The molecule has 0 spiro atoms. The van der Waals surface area contributed by atoms with E-state index in [0.29, 0.717) is 16.5 Å². The molecule has 1 aromatic carbocycles. The van der Waals surface area contributed by atoms with Crippen molar-refractivity contribution in [3.8, 4) is 5.69 Å². The lowest BCUT2D eigenvalue weighted by Crippen LogP contribution is -2.11. The van der Waals surface area contributed by atoms with Crippen LogP contribution >= 0.6 is 11.6 Å². The average molecular weight is 408 g/mol. The lowest BCUT2D eigenvalue weighted by atomic mass is 10.1. The van der Waals surface area contributed by atoms with Gasteiger partial charge in [-0.25, -0.2) is 19.3 Å². The van der Waals surface area contributed by atoms with Crippen LogP contribution in [0.5, 0.6) is 0 Å². The van der Waals surface area contributed by atoms with Gasteiger partial charge in [-0.3, -0.25) is 4.68 Å². The molecule has 1 atom stereocenters. The third kappa shape index (κ3) is 2.65. The normalized spacial score (nSPS) is 12.8. The quantitative estimate of drug-likeness (QED) is 0.492. The number of fused-ring (bicyclic) bond motifs is 2. The molecule has 29 heavy (non-hydrogen) atoms. The molecule has 1 unspecified atom stereocenters. The van der Waals surface area contributed by atoms with Crippen LogP contribution in [0.3, 0.4) is 0 Å². The minimum absolute atomic E-state index is 0.193. The van der Waals surface area contributed by atoms with Crippen molar-refractivity contribution < 1.29 is 0 Å². The first-order chi connectivity index (χ1) is 13.9. The molecule has 2 N–H and O–H groups in total. The van der Waals surface area contributed by atoms with Gasteiger partial charge in [0.1, 0.15) is 17.8 Å². The van der Waals surface area contributed by atoms with Gasteiger partial charge in [-0.2, -0.15) is 15.3 Å². The summed E-state index contributed by atoms with van der Waals surface area (Å²) in [4.78, 5) is 8.50. The number of hydrogen-bond donors (Lipinski definition) is 1. The number of aromatic nitrogens is 8. The number of benzene rings is 1. The van der Waals surface area contributed by atoms with Crippen molar-refractivity contribution in [3.63, 3.8) is 0 Å². The number of nitrogens with two attached hydrogens (primary N) is 1. The molecule has 0 aliphatic carbocycles. The van der Waals surface area contributed by atoms with E-state index >= 15 is 0 Å². The van der Waals surface area contributed by atoms with Crippen molar-refractivity contribution >= 4 is 39.4 Å².